The molecule has 0 aromatic carbocycles. The van der Waals surface area contributed by atoms with Gasteiger partial charge in [-0.1, -0.05) is 0 Å². The van der Waals surface area contributed by atoms with E-state index < -0.39 is 0 Å². The summed E-state index contributed by atoms with van der Waals surface area (Å²) in [5.74, 6) is -0.0690. The maximum atomic E-state index is 11.1. The zero-order valence-electron chi connectivity index (χ0n) is 8.25. The number of carbonyl (C=O) groups excluding carboxylic acids is 1. The molecule has 0 aliphatic heterocycles. The molecule has 0 bridgehead atoms. The molecule has 4 nitrogen and oxygen atoms in total. The maximum Gasteiger partial charge on any atom is 0.248 e. The Labute approximate surface area is 78.8 Å². The van der Waals surface area contributed by atoms with Crippen molar-refractivity contribution in [2.45, 2.75) is 44.4 Å². The second-order valence-corrected chi connectivity index (χ2v) is 3.59. The van der Waals surface area contributed by atoms with E-state index in [2.05, 4.69) is 5.32 Å². The molecule has 1 fully saturated rings. The molecule has 0 aromatic rings. The number of carbonyl (C=O) groups is 1. The zero-order chi connectivity index (χ0) is 9.84. The van der Waals surface area contributed by atoms with Crippen molar-refractivity contribution in [1.29, 1.82) is 0 Å². The number of amides is 1. The van der Waals surface area contributed by atoms with Crippen LogP contribution in [0.2, 0.25) is 0 Å². The molecular formula is C9H18N2O2. The number of nitrogens with two attached hydrogens (primary N) is 1. The second-order valence-electron chi connectivity index (χ2n) is 3.59. The predicted octanol–water partition coefficient (Wildman–Crippen LogP) is 0.0173. The molecule has 0 spiro atoms. The maximum absolute atomic E-state index is 11.1. The van der Waals surface area contributed by atoms with Gasteiger partial charge < -0.3 is 15.8 Å². The van der Waals surface area contributed by atoms with Gasteiger partial charge in [0.2, 0.25) is 5.91 Å². The molecule has 0 saturated heterocycles. The number of rotatable bonds is 3. The van der Waals surface area contributed by atoms with Crippen LogP contribution in [0.3, 0.4) is 0 Å². The Balaban J connectivity index is 2.28. The normalized spacial score (nSPS) is 30.1. The summed E-state index contributed by atoms with van der Waals surface area (Å²) in [6.45, 7) is 1.77. The van der Waals surface area contributed by atoms with E-state index >= 15 is 0 Å². The van der Waals surface area contributed by atoms with Gasteiger partial charge in [-0.2, -0.15) is 0 Å². The summed E-state index contributed by atoms with van der Waals surface area (Å²) in [7, 11) is 1.61. The molecule has 1 saturated carbocycles. The van der Waals surface area contributed by atoms with Crippen LogP contribution in [0, 0.1) is 0 Å². The monoisotopic (exact) mass is 186 g/mol. The van der Waals surface area contributed by atoms with Crippen LogP contribution in [-0.4, -0.2) is 31.2 Å². The number of likely N-dealkylation sites (N-methyl/N-ethyl adjacent to an activating group) is 1. The Kier molecular flexibility index (Phi) is 3.69. The number of hydrogen-bond acceptors (Lipinski definition) is 3. The minimum Gasteiger partial charge on any atom is -0.365 e. The second kappa shape index (κ2) is 4.58. The van der Waals surface area contributed by atoms with E-state index in [9.17, 15) is 4.79 Å². The first-order valence-electron chi connectivity index (χ1n) is 4.76. The number of ether oxygens (including phenoxy) is 1. The van der Waals surface area contributed by atoms with Gasteiger partial charge in [0, 0.05) is 13.1 Å². The highest BCUT2D eigenvalue weighted by Crippen LogP contribution is 2.21. The van der Waals surface area contributed by atoms with Gasteiger partial charge in [0.1, 0.15) is 6.10 Å². The summed E-state index contributed by atoms with van der Waals surface area (Å²) in [5, 5.41) is 2.55. The van der Waals surface area contributed by atoms with Crippen LogP contribution in [0.25, 0.3) is 0 Å². The first-order valence-corrected chi connectivity index (χ1v) is 4.76. The molecule has 76 valence electrons. The molecule has 4 heteroatoms. The summed E-state index contributed by atoms with van der Waals surface area (Å²) < 4.78 is 5.54. The summed E-state index contributed by atoms with van der Waals surface area (Å²) >= 11 is 0. The Morgan fingerprint density at radius 2 is 2.31 bits per heavy atom. The summed E-state index contributed by atoms with van der Waals surface area (Å²) in [6.07, 6.45) is 2.66. The highest BCUT2D eigenvalue weighted by molar-refractivity contribution is 5.79. The predicted molar refractivity (Wildman–Crippen MR) is 50.2 cm³/mol. The van der Waals surface area contributed by atoms with Gasteiger partial charge in [-0.15, -0.1) is 0 Å². The molecule has 1 aliphatic rings. The highest BCUT2D eigenvalue weighted by atomic mass is 16.5. The summed E-state index contributed by atoms with van der Waals surface area (Å²) in [4.78, 5) is 11.1. The number of nitrogens with one attached hydrogen (secondary N) is 1. The van der Waals surface area contributed by atoms with Gasteiger partial charge in [0.05, 0.1) is 6.10 Å². The average molecular weight is 186 g/mol. The van der Waals surface area contributed by atoms with Crippen LogP contribution in [0.5, 0.6) is 0 Å². The lowest BCUT2D eigenvalue weighted by Crippen LogP contribution is -2.34. The minimum atomic E-state index is -0.361. The third-order valence-corrected chi connectivity index (χ3v) is 2.44. The molecule has 1 aliphatic carbocycles. The van der Waals surface area contributed by atoms with Crippen LogP contribution >= 0.6 is 0 Å². The molecule has 3 atom stereocenters. The van der Waals surface area contributed by atoms with Gasteiger partial charge in [-0.3, -0.25) is 4.79 Å². The van der Waals surface area contributed by atoms with Crippen LogP contribution in [0.1, 0.15) is 26.2 Å². The third kappa shape index (κ3) is 2.97. The van der Waals surface area contributed by atoms with Crippen molar-refractivity contribution in [3.63, 3.8) is 0 Å². The molecule has 0 heterocycles. The van der Waals surface area contributed by atoms with E-state index in [1.165, 1.54) is 0 Å². The standard InChI is InChI=1S/C9H18N2O2/c1-6(9(12)11-2)13-8-4-3-7(10)5-8/h6-8H,3-5,10H2,1-2H3,(H,11,12). The first kappa shape index (κ1) is 10.5. The first-order chi connectivity index (χ1) is 6.13. The van der Waals surface area contributed by atoms with Crippen LogP contribution in [0.4, 0.5) is 0 Å². The van der Waals surface area contributed by atoms with Gasteiger partial charge >= 0.3 is 0 Å². The summed E-state index contributed by atoms with van der Waals surface area (Å²) in [5.41, 5.74) is 5.73. The van der Waals surface area contributed by atoms with E-state index in [1.807, 2.05) is 0 Å². The van der Waals surface area contributed by atoms with Gasteiger partial charge in [0.25, 0.3) is 0 Å². The molecule has 1 rings (SSSR count). The van der Waals surface area contributed by atoms with Crippen molar-refractivity contribution < 1.29 is 9.53 Å². The topological polar surface area (TPSA) is 64.3 Å². The van der Waals surface area contributed by atoms with E-state index in [0.29, 0.717) is 0 Å². The van der Waals surface area contributed by atoms with Crippen molar-refractivity contribution in [2.75, 3.05) is 7.05 Å². The molecule has 1 amide bonds. The Morgan fingerprint density at radius 1 is 1.62 bits per heavy atom. The van der Waals surface area contributed by atoms with Gasteiger partial charge in [-0.05, 0) is 26.2 Å². The zero-order valence-corrected chi connectivity index (χ0v) is 8.25. The van der Waals surface area contributed by atoms with E-state index in [0.717, 1.165) is 19.3 Å². The molecule has 13 heavy (non-hydrogen) atoms. The lowest BCUT2D eigenvalue weighted by molar-refractivity contribution is -0.134. The van der Waals surface area contributed by atoms with Crippen molar-refractivity contribution in [3.05, 3.63) is 0 Å². The molecular weight excluding hydrogens is 168 g/mol. The van der Waals surface area contributed by atoms with Crippen molar-refractivity contribution in [3.8, 4) is 0 Å². The third-order valence-electron chi connectivity index (χ3n) is 2.44. The molecule has 3 unspecified atom stereocenters. The molecule has 0 radical (unpaired) electrons. The Hall–Kier alpha value is -0.610. The van der Waals surface area contributed by atoms with E-state index in [1.54, 1.807) is 14.0 Å². The smallest absolute Gasteiger partial charge is 0.248 e. The van der Waals surface area contributed by atoms with Gasteiger partial charge in [0.15, 0.2) is 0 Å². The van der Waals surface area contributed by atoms with E-state index in [-0.39, 0.29) is 24.2 Å². The molecule has 0 aromatic heterocycles. The Morgan fingerprint density at radius 3 is 2.77 bits per heavy atom. The quantitative estimate of drug-likeness (QED) is 0.653. The minimum absolute atomic E-state index is 0.0690. The Bertz CT molecular complexity index is 184. The fraction of sp³-hybridized carbons (Fsp3) is 0.889. The van der Waals surface area contributed by atoms with Crippen molar-refractivity contribution in [1.82, 2.24) is 5.32 Å². The van der Waals surface area contributed by atoms with Crippen LogP contribution < -0.4 is 11.1 Å². The van der Waals surface area contributed by atoms with Crippen LogP contribution in [0.15, 0.2) is 0 Å². The largest absolute Gasteiger partial charge is 0.365 e. The van der Waals surface area contributed by atoms with Crippen molar-refractivity contribution in [2.24, 2.45) is 5.73 Å². The summed E-state index contributed by atoms with van der Waals surface area (Å²) in [6, 6.07) is 0.252. The highest BCUT2D eigenvalue weighted by Gasteiger charge is 2.25. The number of hydrogen-bond donors (Lipinski definition) is 2. The molecule has 3 N–H and O–H groups in total. The van der Waals surface area contributed by atoms with Gasteiger partial charge in [-0.25, -0.2) is 0 Å². The fourth-order valence-electron chi connectivity index (χ4n) is 1.65. The lowest BCUT2D eigenvalue weighted by atomic mass is 10.2. The van der Waals surface area contributed by atoms with Crippen molar-refractivity contribution >= 4 is 5.91 Å². The fourth-order valence-corrected chi connectivity index (χ4v) is 1.65. The lowest BCUT2D eigenvalue weighted by Gasteiger charge is -2.16. The SMILES string of the molecule is CNC(=O)C(C)OC1CCC(N)C1. The van der Waals surface area contributed by atoms with E-state index in [4.69, 9.17) is 10.5 Å². The van der Waals surface area contributed by atoms with Crippen LogP contribution in [-0.2, 0) is 9.53 Å². The average Bonchev–Trinajstić information content (AvgIpc) is 2.49.